The summed E-state index contributed by atoms with van der Waals surface area (Å²) in [6.45, 7) is 2.23. The van der Waals surface area contributed by atoms with Gasteiger partial charge in [-0.05, 0) is 55.6 Å². The minimum Gasteiger partial charge on any atom is -0.350 e. The number of aryl methyl sites for hydroxylation is 1. The highest BCUT2D eigenvalue weighted by atomic mass is 15.2. The van der Waals surface area contributed by atoms with E-state index in [1.54, 1.807) is 12.7 Å². The average Bonchev–Trinajstić information content (AvgIpc) is 3.16. The maximum Gasteiger partial charge on any atom is 0.123 e. The first kappa shape index (κ1) is 12.6. The van der Waals surface area contributed by atoms with Crippen molar-refractivity contribution in [1.29, 1.82) is 0 Å². The quantitative estimate of drug-likeness (QED) is 0.783. The van der Waals surface area contributed by atoms with Crippen molar-refractivity contribution < 1.29 is 0 Å². The zero-order valence-electron chi connectivity index (χ0n) is 12.2. The number of hydrogen-bond acceptors (Lipinski definition) is 3. The first-order chi connectivity index (χ1) is 10.3. The molecule has 1 fully saturated rings. The molecule has 1 N–H and O–H groups in total. The van der Waals surface area contributed by atoms with Crippen molar-refractivity contribution in [1.82, 2.24) is 24.6 Å². The lowest BCUT2D eigenvalue weighted by atomic mass is 9.90. The molecular formula is C16H19N5. The Kier molecular flexibility index (Phi) is 3.00. The number of nitrogens with one attached hydrogen (secondary N) is 1. The first-order valence-corrected chi connectivity index (χ1v) is 7.47. The Morgan fingerprint density at radius 3 is 2.67 bits per heavy atom. The molecule has 0 unspecified atom stereocenters. The highest BCUT2D eigenvalue weighted by Crippen LogP contribution is 2.33. The van der Waals surface area contributed by atoms with E-state index < -0.39 is 0 Å². The van der Waals surface area contributed by atoms with Gasteiger partial charge < -0.3 is 9.88 Å². The van der Waals surface area contributed by atoms with Crippen molar-refractivity contribution in [3.05, 3.63) is 42.6 Å². The molecule has 0 spiro atoms. The molecule has 3 aromatic rings. The van der Waals surface area contributed by atoms with Gasteiger partial charge in [-0.2, -0.15) is 0 Å². The van der Waals surface area contributed by atoms with Crippen LogP contribution in [0.1, 0.15) is 24.3 Å². The summed E-state index contributed by atoms with van der Waals surface area (Å²) in [4.78, 5) is 0. The van der Waals surface area contributed by atoms with E-state index in [1.807, 2.05) is 4.57 Å². The Morgan fingerprint density at radius 2 is 1.90 bits per heavy atom. The number of rotatable bonds is 2. The smallest absolute Gasteiger partial charge is 0.123 e. The number of nitrogens with zero attached hydrogens (tertiary/aromatic N) is 4. The van der Waals surface area contributed by atoms with Gasteiger partial charge in [0, 0.05) is 29.8 Å². The highest BCUT2D eigenvalue weighted by Gasteiger charge is 2.19. The fourth-order valence-electron chi connectivity index (χ4n) is 3.36. The summed E-state index contributed by atoms with van der Waals surface area (Å²) < 4.78 is 4.20. The second kappa shape index (κ2) is 5.00. The van der Waals surface area contributed by atoms with Crippen molar-refractivity contribution in [3.8, 4) is 5.69 Å². The van der Waals surface area contributed by atoms with Gasteiger partial charge in [0.25, 0.3) is 0 Å². The van der Waals surface area contributed by atoms with Gasteiger partial charge in [-0.25, -0.2) is 0 Å². The van der Waals surface area contributed by atoms with Gasteiger partial charge in [0.15, 0.2) is 0 Å². The number of fused-ring (bicyclic) bond motifs is 1. The Balaban J connectivity index is 1.84. The molecule has 3 heterocycles. The molecule has 1 aromatic carbocycles. The molecule has 2 aromatic heterocycles. The minimum absolute atomic E-state index is 0.658. The highest BCUT2D eigenvalue weighted by molar-refractivity contribution is 5.86. The Morgan fingerprint density at radius 1 is 1.14 bits per heavy atom. The molecule has 5 nitrogen and oxygen atoms in total. The van der Waals surface area contributed by atoms with Crippen LogP contribution >= 0.6 is 0 Å². The molecule has 0 amide bonds. The zero-order valence-corrected chi connectivity index (χ0v) is 12.2. The molecule has 0 saturated carbocycles. The molecule has 4 rings (SSSR count). The van der Waals surface area contributed by atoms with E-state index in [0.717, 1.165) is 18.8 Å². The summed E-state index contributed by atoms with van der Waals surface area (Å²) in [5, 5.41) is 12.6. The fourth-order valence-corrected chi connectivity index (χ4v) is 3.36. The molecule has 0 aliphatic carbocycles. The van der Waals surface area contributed by atoms with Gasteiger partial charge in [0.05, 0.1) is 0 Å². The Labute approximate surface area is 123 Å². The molecule has 1 aliphatic heterocycles. The molecule has 0 radical (unpaired) electrons. The predicted octanol–water partition coefficient (Wildman–Crippen LogP) is 2.23. The van der Waals surface area contributed by atoms with E-state index in [4.69, 9.17) is 0 Å². The van der Waals surface area contributed by atoms with E-state index in [-0.39, 0.29) is 0 Å². The van der Waals surface area contributed by atoms with E-state index in [0.29, 0.717) is 5.92 Å². The Hall–Kier alpha value is -2.14. The molecule has 108 valence electrons. The summed E-state index contributed by atoms with van der Waals surface area (Å²) in [7, 11) is 2.13. The van der Waals surface area contributed by atoms with Crippen LogP contribution in [0.15, 0.2) is 37.1 Å². The van der Waals surface area contributed by atoms with E-state index in [2.05, 4.69) is 51.5 Å². The third-order valence-corrected chi connectivity index (χ3v) is 4.50. The lowest BCUT2D eigenvalue weighted by Gasteiger charge is -2.22. The van der Waals surface area contributed by atoms with Gasteiger partial charge in [-0.15, -0.1) is 10.2 Å². The van der Waals surface area contributed by atoms with Gasteiger partial charge >= 0.3 is 0 Å². The van der Waals surface area contributed by atoms with Crippen molar-refractivity contribution in [2.24, 2.45) is 7.05 Å². The maximum absolute atomic E-state index is 3.90. The monoisotopic (exact) mass is 281 g/mol. The van der Waals surface area contributed by atoms with Crippen LogP contribution in [0.5, 0.6) is 0 Å². The van der Waals surface area contributed by atoms with E-state index in [9.17, 15) is 0 Å². The first-order valence-electron chi connectivity index (χ1n) is 7.47. The van der Waals surface area contributed by atoms with Crippen LogP contribution in [-0.2, 0) is 7.05 Å². The predicted molar refractivity (Wildman–Crippen MR) is 82.7 cm³/mol. The Bertz CT molecular complexity index is 750. The number of aromatic nitrogens is 4. The maximum atomic E-state index is 3.90. The summed E-state index contributed by atoms with van der Waals surface area (Å²) in [5.41, 5.74) is 3.89. The second-order valence-electron chi connectivity index (χ2n) is 5.79. The van der Waals surface area contributed by atoms with Gasteiger partial charge in [-0.3, -0.25) is 4.57 Å². The summed E-state index contributed by atoms with van der Waals surface area (Å²) in [6.07, 6.45) is 8.23. The molecule has 5 heteroatoms. The molecular weight excluding hydrogens is 262 g/mol. The lowest BCUT2D eigenvalue weighted by molar-refractivity contribution is 0.462. The third-order valence-electron chi connectivity index (χ3n) is 4.50. The van der Waals surface area contributed by atoms with Crippen LogP contribution < -0.4 is 5.32 Å². The van der Waals surface area contributed by atoms with Crippen LogP contribution in [0.25, 0.3) is 16.6 Å². The fraction of sp³-hybridized carbons (Fsp3) is 0.375. The van der Waals surface area contributed by atoms with Crippen molar-refractivity contribution >= 4 is 10.9 Å². The van der Waals surface area contributed by atoms with Gasteiger partial charge in [-0.1, -0.05) is 0 Å². The van der Waals surface area contributed by atoms with Crippen molar-refractivity contribution in [3.63, 3.8) is 0 Å². The van der Waals surface area contributed by atoms with Crippen LogP contribution in [-0.4, -0.2) is 32.4 Å². The number of benzene rings is 1. The second-order valence-corrected chi connectivity index (χ2v) is 5.79. The average molecular weight is 281 g/mol. The lowest BCUT2D eigenvalue weighted by Crippen LogP contribution is -2.26. The number of hydrogen-bond donors (Lipinski definition) is 1. The zero-order chi connectivity index (χ0) is 14.2. The van der Waals surface area contributed by atoms with Crippen molar-refractivity contribution in [2.75, 3.05) is 13.1 Å². The molecule has 0 atom stereocenters. The minimum atomic E-state index is 0.658. The standard InChI is InChI=1S/C16H19N5/c1-20-9-15(12-4-6-17-7-5-12)14-8-13(2-3-16(14)20)21-10-18-19-11-21/h2-3,8-12,17H,4-7H2,1H3. The molecule has 1 aliphatic rings. The summed E-state index contributed by atoms with van der Waals surface area (Å²) >= 11 is 0. The topological polar surface area (TPSA) is 47.7 Å². The van der Waals surface area contributed by atoms with Crippen LogP contribution in [0.4, 0.5) is 0 Å². The number of piperidine rings is 1. The van der Waals surface area contributed by atoms with E-state index in [1.165, 1.54) is 29.3 Å². The summed E-state index contributed by atoms with van der Waals surface area (Å²) in [6, 6.07) is 6.57. The van der Waals surface area contributed by atoms with Gasteiger partial charge in [0.2, 0.25) is 0 Å². The third kappa shape index (κ3) is 2.14. The van der Waals surface area contributed by atoms with Gasteiger partial charge in [0.1, 0.15) is 12.7 Å². The molecule has 1 saturated heterocycles. The largest absolute Gasteiger partial charge is 0.350 e. The van der Waals surface area contributed by atoms with Crippen molar-refractivity contribution in [2.45, 2.75) is 18.8 Å². The summed E-state index contributed by atoms with van der Waals surface area (Å²) in [5.74, 6) is 0.658. The van der Waals surface area contributed by atoms with E-state index >= 15 is 0 Å². The normalized spacial score (nSPS) is 16.6. The molecule has 21 heavy (non-hydrogen) atoms. The SMILES string of the molecule is Cn1cc(C2CCNCC2)c2cc(-n3cnnc3)ccc21. The van der Waals surface area contributed by atoms with Crippen LogP contribution in [0.3, 0.4) is 0 Å². The molecule has 0 bridgehead atoms. The van der Waals surface area contributed by atoms with Crippen LogP contribution in [0.2, 0.25) is 0 Å². The van der Waals surface area contributed by atoms with Crippen LogP contribution in [0, 0.1) is 0 Å².